The minimum absolute atomic E-state index is 0.00227. The maximum atomic E-state index is 12.1. The molecule has 0 spiro atoms. The third-order valence-electron chi connectivity index (χ3n) is 2.76. The van der Waals surface area contributed by atoms with Crippen molar-refractivity contribution in [3.63, 3.8) is 0 Å². The van der Waals surface area contributed by atoms with E-state index >= 15 is 0 Å². The van der Waals surface area contributed by atoms with Crippen LogP contribution in [0.15, 0.2) is 5.03 Å². The molecule has 0 aromatic carbocycles. The Hall–Kier alpha value is -1.48. The van der Waals surface area contributed by atoms with E-state index in [4.69, 9.17) is 5.73 Å². The van der Waals surface area contributed by atoms with E-state index < -0.39 is 15.1 Å². The Morgan fingerprint density at radius 2 is 1.95 bits per heavy atom. The van der Waals surface area contributed by atoms with Crippen LogP contribution in [0.5, 0.6) is 0 Å². The first-order valence-electron chi connectivity index (χ1n) is 5.64. The van der Waals surface area contributed by atoms with Gasteiger partial charge in [0.05, 0.1) is 10.9 Å². The summed E-state index contributed by atoms with van der Waals surface area (Å²) in [5.41, 5.74) is 6.71. The molecule has 2 rings (SSSR count). The van der Waals surface area contributed by atoms with Gasteiger partial charge in [-0.2, -0.15) is 4.68 Å². The van der Waals surface area contributed by atoms with Crippen LogP contribution in [-0.2, 0) is 9.84 Å². The molecule has 0 atom stereocenters. The zero-order valence-electron chi connectivity index (χ0n) is 11.1. The first kappa shape index (κ1) is 13.9. The fourth-order valence-corrected chi connectivity index (χ4v) is 3.23. The fourth-order valence-electron chi connectivity index (χ4n) is 1.39. The topological polar surface area (TPSA) is 104 Å². The van der Waals surface area contributed by atoms with Crippen molar-refractivity contribution in [2.75, 3.05) is 5.73 Å². The van der Waals surface area contributed by atoms with Gasteiger partial charge in [-0.25, -0.2) is 13.4 Å². The molecular weight excluding hydrogens is 286 g/mol. The summed E-state index contributed by atoms with van der Waals surface area (Å²) in [5.74, 6) is 0.00227. The first-order chi connectivity index (χ1) is 8.75. The van der Waals surface area contributed by atoms with E-state index in [9.17, 15) is 8.42 Å². The zero-order valence-corrected chi connectivity index (χ0v) is 12.7. The smallest absolute Gasteiger partial charge is 0.221 e. The molecular formula is C10H15N5O2S2. The first-order valence-corrected chi connectivity index (χ1v) is 8.01. The molecule has 7 nitrogen and oxygen atoms in total. The second-order valence-corrected chi connectivity index (χ2v) is 8.02. The maximum Gasteiger partial charge on any atom is 0.221 e. The summed E-state index contributed by atoms with van der Waals surface area (Å²) in [7, 11) is -3.54. The van der Waals surface area contributed by atoms with Gasteiger partial charge in [0, 0.05) is 4.88 Å². The molecule has 0 aliphatic rings. The van der Waals surface area contributed by atoms with Crippen molar-refractivity contribution in [2.45, 2.75) is 38.0 Å². The van der Waals surface area contributed by atoms with Crippen LogP contribution in [0.2, 0.25) is 0 Å². The standard InChI is InChI=1S/C10H15N5O2S2/c1-5(2)19(16,17)9-8(11)15(14-13-9)10-12-6(3)7(4)18-10/h5H,11H2,1-4H3. The van der Waals surface area contributed by atoms with Gasteiger partial charge in [-0.15, -0.1) is 5.10 Å². The SMILES string of the molecule is Cc1nc(-n2nnc(S(=O)(=O)C(C)C)c2N)sc1C. The van der Waals surface area contributed by atoms with Crippen molar-refractivity contribution in [3.8, 4) is 5.13 Å². The van der Waals surface area contributed by atoms with Crippen molar-refractivity contribution in [1.82, 2.24) is 20.0 Å². The van der Waals surface area contributed by atoms with Crippen LogP contribution in [0.1, 0.15) is 24.4 Å². The number of nitrogen functional groups attached to an aromatic ring is 1. The Balaban J connectivity index is 2.56. The number of thiazole rings is 1. The van der Waals surface area contributed by atoms with E-state index in [0.29, 0.717) is 5.13 Å². The second-order valence-electron chi connectivity index (χ2n) is 4.42. The number of aryl methyl sites for hydroxylation is 2. The van der Waals surface area contributed by atoms with Gasteiger partial charge >= 0.3 is 0 Å². The number of aromatic nitrogens is 4. The van der Waals surface area contributed by atoms with Gasteiger partial charge in [0.2, 0.25) is 20.0 Å². The number of hydrogen-bond acceptors (Lipinski definition) is 7. The van der Waals surface area contributed by atoms with E-state index in [1.54, 1.807) is 13.8 Å². The van der Waals surface area contributed by atoms with Crippen LogP contribution in [0, 0.1) is 13.8 Å². The Morgan fingerprint density at radius 3 is 2.42 bits per heavy atom. The van der Waals surface area contributed by atoms with E-state index in [1.165, 1.54) is 16.0 Å². The Bertz CT molecular complexity index is 695. The minimum atomic E-state index is -3.54. The van der Waals surface area contributed by atoms with Gasteiger partial charge in [-0.3, -0.25) is 0 Å². The molecule has 0 aliphatic carbocycles. The molecule has 0 saturated carbocycles. The third kappa shape index (κ3) is 2.23. The fraction of sp³-hybridized carbons (Fsp3) is 0.500. The second kappa shape index (κ2) is 4.57. The summed E-state index contributed by atoms with van der Waals surface area (Å²) in [4.78, 5) is 5.31. The zero-order chi connectivity index (χ0) is 14.4. The molecule has 19 heavy (non-hydrogen) atoms. The number of anilines is 1. The lowest BCUT2D eigenvalue weighted by Gasteiger charge is -2.04. The van der Waals surface area contributed by atoms with E-state index in [0.717, 1.165) is 10.6 Å². The van der Waals surface area contributed by atoms with Crippen molar-refractivity contribution in [1.29, 1.82) is 0 Å². The molecule has 0 unspecified atom stereocenters. The monoisotopic (exact) mass is 301 g/mol. The molecule has 0 aliphatic heterocycles. The van der Waals surface area contributed by atoms with Crippen molar-refractivity contribution in [2.24, 2.45) is 0 Å². The quantitative estimate of drug-likeness (QED) is 0.910. The predicted molar refractivity (Wildman–Crippen MR) is 73.2 cm³/mol. The van der Waals surface area contributed by atoms with Gasteiger partial charge in [-0.05, 0) is 27.7 Å². The number of rotatable bonds is 3. The Labute approximate surface area is 115 Å². The van der Waals surface area contributed by atoms with Crippen LogP contribution in [0.3, 0.4) is 0 Å². The van der Waals surface area contributed by atoms with Crippen molar-refractivity contribution < 1.29 is 8.42 Å². The van der Waals surface area contributed by atoms with Gasteiger partial charge in [0.15, 0.2) is 5.82 Å². The van der Waals surface area contributed by atoms with Gasteiger partial charge < -0.3 is 5.73 Å². The molecule has 2 N–H and O–H groups in total. The van der Waals surface area contributed by atoms with E-state index in [-0.39, 0.29) is 10.8 Å². The van der Waals surface area contributed by atoms with Crippen LogP contribution in [0.25, 0.3) is 5.13 Å². The van der Waals surface area contributed by atoms with Gasteiger partial charge in [0.25, 0.3) is 0 Å². The predicted octanol–water partition coefficient (Wildman–Crippen LogP) is 1.10. The van der Waals surface area contributed by atoms with E-state index in [2.05, 4.69) is 15.3 Å². The third-order valence-corrected chi connectivity index (χ3v) is 5.88. The lowest BCUT2D eigenvalue weighted by molar-refractivity contribution is 0.583. The summed E-state index contributed by atoms with van der Waals surface area (Å²) in [6.45, 7) is 6.95. The number of hydrogen-bond donors (Lipinski definition) is 1. The molecule has 2 aromatic rings. The summed E-state index contributed by atoms with van der Waals surface area (Å²) < 4.78 is 25.4. The Kier molecular flexibility index (Phi) is 3.35. The van der Waals surface area contributed by atoms with Gasteiger partial charge in [0.1, 0.15) is 0 Å². The lowest BCUT2D eigenvalue weighted by atomic mass is 10.4. The summed E-state index contributed by atoms with van der Waals surface area (Å²) in [5, 5.41) is 7.22. The number of nitrogens with two attached hydrogens (primary N) is 1. The van der Waals surface area contributed by atoms with Crippen molar-refractivity contribution in [3.05, 3.63) is 10.6 Å². The van der Waals surface area contributed by atoms with Crippen molar-refractivity contribution >= 4 is 27.0 Å². The average molecular weight is 301 g/mol. The molecule has 0 radical (unpaired) electrons. The highest BCUT2D eigenvalue weighted by molar-refractivity contribution is 7.92. The summed E-state index contributed by atoms with van der Waals surface area (Å²) >= 11 is 1.39. The highest BCUT2D eigenvalue weighted by Crippen LogP contribution is 2.26. The molecule has 104 valence electrons. The molecule has 0 bridgehead atoms. The molecule has 2 heterocycles. The largest absolute Gasteiger partial charge is 0.381 e. The molecule has 0 fully saturated rings. The number of sulfone groups is 1. The van der Waals surface area contributed by atoms with Crippen LogP contribution >= 0.6 is 11.3 Å². The van der Waals surface area contributed by atoms with Crippen LogP contribution in [0.4, 0.5) is 5.82 Å². The summed E-state index contributed by atoms with van der Waals surface area (Å²) in [6.07, 6.45) is 0. The maximum absolute atomic E-state index is 12.1. The van der Waals surface area contributed by atoms with Gasteiger partial charge in [-0.1, -0.05) is 16.6 Å². The van der Waals surface area contributed by atoms with Crippen LogP contribution < -0.4 is 5.73 Å². The highest BCUT2D eigenvalue weighted by Gasteiger charge is 2.28. The number of nitrogens with zero attached hydrogens (tertiary/aromatic N) is 4. The average Bonchev–Trinajstić information content (AvgIpc) is 2.83. The Morgan fingerprint density at radius 1 is 1.32 bits per heavy atom. The highest BCUT2D eigenvalue weighted by atomic mass is 32.2. The lowest BCUT2D eigenvalue weighted by Crippen LogP contribution is -2.16. The van der Waals surface area contributed by atoms with E-state index in [1.807, 2.05) is 13.8 Å². The summed E-state index contributed by atoms with van der Waals surface area (Å²) in [6, 6.07) is 0. The molecule has 0 amide bonds. The molecule has 0 saturated heterocycles. The molecule has 9 heteroatoms. The normalized spacial score (nSPS) is 12.3. The van der Waals surface area contributed by atoms with Crippen LogP contribution in [-0.4, -0.2) is 33.6 Å². The molecule has 2 aromatic heterocycles. The minimum Gasteiger partial charge on any atom is -0.381 e.